The number of nitrogens with two attached hydrogens (primary N) is 1. The number of carbonyl (C=O) groups excluding carboxylic acids is 1. The fourth-order valence-electron chi connectivity index (χ4n) is 3.37. The average molecular weight is 459 g/mol. The Labute approximate surface area is 190 Å². The van der Waals surface area contributed by atoms with E-state index in [1.165, 1.54) is 35.6 Å². The van der Waals surface area contributed by atoms with Crippen LogP contribution >= 0.6 is 0 Å². The molecule has 0 aliphatic heterocycles. The Hall–Kier alpha value is -4.36. The van der Waals surface area contributed by atoms with E-state index in [2.05, 4.69) is 15.0 Å². The highest BCUT2D eigenvalue weighted by Gasteiger charge is 2.26. The molecule has 0 atom stereocenters. The molecular weight excluding hydrogens is 440 g/mol. The van der Waals surface area contributed by atoms with Gasteiger partial charge in [-0.2, -0.15) is 5.26 Å². The van der Waals surface area contributed by atoms with Crippen LogP contribution < -0.4 is 10.6 Å². The number of rotatable bonds is 5. The SMILES string of the molecule is CS(=O)(=O)c1ncccc1N(Cc1ccc2ccc(N)nc2c1)C(=O)c1cncc(C#N)c1. The van der Waals surface area contributed by atoms with Gasteiger partial charge in [0.1, 0.15) is 11.9 Å². The van der Waals surface area contributed by atoms with Gasteiger partial charge >= 0.3 is 0 Å². The summed E-state index contributed by atoms with van der Waals surface area (Å²) in [6.07, 6.45) is 5.05. The van der Waals surface area contributed by atoms with Crippen molar-refractivity contribution in [1.29, 1.82) is 5.26 Å². The molecule has 0 unspecified atom stereocenters. The normalized spacial score (nSPS) is 11.2. The van der Waals surface area contributed by atoms with Gasteiger partial charge < -0.3 is 10.6 Å². The Bertz CT molecular complexity index is 1530. The third-order valence-electron chi connectivity index (χ3n) is 4.87. The topological polar surface area (TPSA) is 143 Å². The number of fused-ring (bicyclic) bond motifs is 1. The number of aromatic nitrogens is 3. The molecule has 0 spiro atoms. The number of hydrogen-bond acceptors (Lipinski definition) is 8. The lowest BCUT2D eigenvalue weighted by Crippen LogP contribution is -2.32. The monoisotopic (exact) mass is 458 g/mol. The van der Waals surface area contributed by atoms with Crippen molar-refractivity contribution in [3.05, 3.63) is 83.8 Å². The van der Waals surface area contributed by atoms with Crippen LogP contribution in [0.15, 0.2) is 72.1 Å². The molecule has 164 valence electrons. The van der Waals surface area contributed by atoms with E-state index in [1.807, 2.05) is 24.3 Å². The van der Waals surface area contributed by atoms with Gasteiger partial charge in [-0.1, -0.05) is 12.1 Å². The Kier molecular flexibility index (Phi) is 5.72. The summed E-state index contributed by atoms with van der Waals surface area (Å²) in [5, 5.41) is 9.83. The van der Waals surface area contributed by atoms with Crippen molar-refractivity contribution in [1.82, 2.24) is 15.0 Å². The maximum absolute atomic E-state index is 13.5. The number of amides is 1. The van der Waals surface area contributed by atoms with Crippen LogP contribution in [0.4, 0.5) is 11.5 Å². The quantitative estimate of drug-likeness (QED) is 0.481. The Morgan fingerprint density at radius 2 is 1.94 bits per heavy atom. The molecular formula is C23H18N6O3S. The standard InChI is InChI=1S/C23H18N6O3S/c1-33(31,32)22-20(3-2-8-27-22)29(23(30)18-9-16(11-24)12-26-13-18)14-15-4-5-17-6-7-21(25)28-19(17)10-15/h2-10,12-13H,14H2,1H3,(H2,25,28). The molecule has 10 heteroatoms. The molecule has 0 aliphatic carbocycles. The predicted octanol–water partition coefficient (Wildman–Crippen LogP) is 2.73. The molecule has 0 fully saturated rings. The van der Waals surface area contributed by atoms with Crippen molar-refractivity contribution >= 4 is 38.2 Å². The second-order valence-electron chi connectivity index (χ2n) is 7.33. The smallest absolute Gasteiger partial charge is 0.260 e. The summed E-state index contributed by atoms with van der Waals surface area (Å²) in [4.78, 5) is 27.1. The number of nitrogen functional groups attached to an aromatic ring is 1. The van der Waals surface area contributed by atoms with Crippen LogP contribution in [0.5, 0.6) is 0 Å². The van der Waals surface area contributed by atoms with E-state index < -0.39 is 15.7 Å². The van der Waals surface area contributed by atoms with E-state index in [9.17, 15) is 18.5 Å². The van der Waals surface area contributed by atoms with E-state index in [-0.39, 0.29) is 28.4 Å². The van der Waals surface area contributed by atoms with E-state index in [4.69, 9.17) is 5.73 Å². The van der Waals surface area contributed by atoms with Crippen LogP contribution in [0.25, 0.3) is 10.9 Å². The lowest BCUT2D eigenvalue weighted by molar-refractivity contribution is 0.0984. The lowest BCUT2D eigenvalue weighted by Gasteiger charge is -2.24. The maximum Gasteiger partial charge on any atom is 0.260 e. The minimum Gasteiger partial charge on any atom is -0.384 e. The van der Waals surface area contributed by atoms with Crippen molar-refractivity contribution in [2.45, 2.75) is 11.6 Å². The third-order valence-corrected chi connectivity index (χ3v) is 5.89. The second-order valence-corrected chi connectivity index (χ2v) is 9.26. The Morgan fingerprint density at radius 3 is 2.70 bits per heavy atom. The van der Waals surface area contributed by atoms with Gasteiger partial charge in [0.05, 0.1) is 28.9 Å². The van der Waals surface area contributed by atoms with Crippen molar-refractivity contribution in [3.63, 3.8) is 0 Å². The zero-order valence-electron chi connectivity index (χ0n) is 17.5. The minimum absolute atomic E-state index is 0.0241. The third kappa shape index (κ3) is 4.63. The highest BCUT2D eigenvalue weighted by molar-refractivity contribution is 7.90. The van der Waals surface area contributed by atoms with Gasteiger partial charge in [0.15, 0.2) is 14.9 Å². The minimum atomic E-state index is -3.74. The highest BCUT2D eigenvalue weighted by Crippen LogP contribution is 2.27. The number of carbonyl (C=O) groups is 1. The molecule has 3 aromatic heterocycles. The van der Waals surface area contributed by atoms with Crippen molar-refractivity contribution in [2.75, 3.05) is 16.9 Å². The first-order valence-electron chi connectivity index (χ1n) is 9.73. The first kappa shape index (κ1) is 21.9. The van der Waals surface area contributed by atoms with Gasteiger partial charge in [-0.05, 0) is 42.0 Å². The van der Waals surface area contributed by atoms with E-state index in [1.54, 1.807) is 18.2 Å². The first-order chi connectivity index (χ1) is 15.8. The second kappa shape index (κ2) is 8.64. The molecule has 4 rings (SSSR count). The van der Waals surface area contributed by atoms with Gasteiger partial charge in [0.25, 0.3) is 5.91 Å². The van der Waals surface area contributed by atoms with Crippen molar-refractivity contribution < 1.29 is 13.2 Å². The predicted molar refractivity (Wildman–Crippen MR) is 123 cm³/mol. The Morgan fingerprint density at radius 1 is 1.15 bits per heavy atom. The molecule has 0 aliphatic rings. The summed E-state index contributed by atoms with van der Waals surface area (Å²) < 4.78 is 24.8. The summed E-state index contributed by atoms with van der Waals surface area (Å²) >= 11 is 0. The fraction of sp³-hybridized carbons (Fsp3) is 0.0870. The van der Waals surface area contributed by atoms with Crippen LogP contribution in [0.3, 0.4) is 0 Å². The van der Waals surface area contributed by atoms with E-state index in [0.29, 0.717) is 16.9 Å². The number of hydrogen-bond donors (Lipinski definition) is 1. The van der Waals surface area contributed by atoms with Crippen molar-refractivity contribution in [3.8, 4) is 6.07 Å². The van der Waals surface area contributed by atoms with Gasteiger partial charge in [-0.15, -0.1) is 0 Å². The molecule has 0 saturated heterocycles. The van der Waals surface area contributed by atoms with Crippen LogP contribution in [-0.4, -0.2) is 35.5 Å². The fourth-order valence-corrected chi connectivity index (χ4v) is 4.18. The summed E-state index contributed by atoms with van der Waals surface area (Å²) in [7, 11) is -3.74. The number of pyridine rings is 3. The molecule has 2 N–H and O–H groups in total. The number of nitrogens with zero attached hydrogens (tertiary/aromatic N) is 5. The molecule has 0 radical (unpaired) electrons. The van der Waals surface area contributed by atoms with Crippen LogP contribution in [0.1, 0.15) is 21.5 Å². The lowest BCUT2D eigenvalue weighted by atomic mass is 10.1. The summed E-state index contributed by atoms with van der Waals surface area (Å²) in [6.45, 7) is 0.0241. The molecule has 4 aromatic rings. The van der Waals surface area contributed by atoms with Gasteiger partial charge in [-0.3, -0.25) is 9.78 Å². The Balaban J connectivity index is 1.85. The zero-order chi connectivity index (χ0) is 23.6. The van der Waals surface area contributed by atoms with Crippen LogP contribution in [0, 0.1) is 11.3 Å². The van der Waals surface area contributed by atoms with Crippen molar-refractivity contribution in [2.24, 2.45) is 0 Å². The molecule has 1 aromatic carbocycles. The van der Waals surface area contributed by atoms with Gasteiger partial charge in [0, 0.05) is 30.2 Å². The van der Waals surface area contributed by atoms with Gasteiger partial charge in [-0.25, -0.2) is 18.4 Å². The number of sulfone groups is 1. The van der Waals surface area contributed by atoms with Crippen LogP contribution in [-0.2, 0) is 16.4 Å². The average Bonchev–Trinajstić information content (AvgIpc) is 2.81. The molecule has 3 heterocycles. The number of anilines is 2. The number of nitriles is 1. The zero-order valence-corrected chi connectivity index (χ0v) is 18.3. The highest BCUT2D eigenvalue weighted by atomic mass is 32.2. The summed E-state index contributed by atoms with van der Waals surface area (Å²) in [5.41, 5.74) is 7.61. The van der Waals surface area contributed by atoms with E-state index >= 15 is 0 Å². The molecule has 0 bridgehead atoms. The molecule has 1 amide bonds. The molecule has 0 saturated carbocycles. The maximum atomic E-state index is 13.5. The summed E-state index contributed by atoms with van der Waals surface area (Å²) in [5.74, 6) is -0.170. The van der Waals surface area contributed by atoms with Crippen LogP contribution in [0.2, 0.25) is 0 Å². The van der Waals surface area contributed by atoms with E-state index in [0.717, 1.165) is 11.6 Å². The molecule has 9 nitrogen and oxygen atoms in total. The first-order valence-corrected chi connectivity index (χ1v) is 11.6. The molecule has 33 heavy (non-hydrogen) atoms. The van der Waals surface area contributed by atoms with Gasteiger partial charge in [0.2, 0.25) is 0 Å². The largest absolute Gasteiger partial charge is 0.384 e. The number of benzene rings is 1. The summed E-state index contributed by atoms with van der Waals surface area (Å²) in [6, 6.07) is 15.4.